The molecule has 4 N–H and O–H groups in total. The van der Waals surface area contributed by atoms with Crippen molar-refractivity contribution in [1.82, 2.24) is 75.6 Å². The molecule has 5 amide bonds. The highest BCUT2D eigenvalue weighted by molar-refractivity contribution is 6.37. The Labute approximate surface area is 737 Å². The molecule has 0 spiro atoms. The van der Waals surface area contributed by atoms with Crippen molar-refractivity contribution in [2.24, 2.45) is 23.7 Å². The molecule has 634 valence electrons. The van der Waals surface area contributed by atoms with Crippen LogP contribution in [0, 0.1) is 23.7 Å². The first-order valence-corrected chi connectivity index (χ1v) is 42.7. The summed E-state index contributed by atoms with van der Waals surface area (Å²) in [7, 11) is 6.20. The van der Waals surface area contributed by atoms with E-state index in [-0.39, 0.29) is 49.4 Å². The summed E-state index contributed by atoms with van der Waals surface area (Å²) in [6.45, 7) is 12.7. The summed E-state index contributed by atoms with van der Waals surface area (Å²) in [5.74, 6) is 3.90. The van der Waals surface area contributed by atoms with E-state index < -0.39 is 29.7 Å². The second-order valence-corrected chi connectivity index (χ2v) is 34.7. The number of amides is 5. The van der Waals surface area contributed by atoms with E-state index in [0.29, 0.717) is 124 Å². The van der Waals surface area contributed by atoms with E-state index in [1.165, 1.54) is 50.5 Å². The predicted octanol–water partition coefficient (Wildman–Crippen LogP) is 18.3. The normalized spacial score (nSPS) is 19.1. The summed E-state index contributed by atoms with van der Waals surface area (Å²) < 4.78 is 31.9. The van der Waals surface area contributed by atoms with E-state index in [1.807, 2.05) is 142 Å². The average molecular weight is 1770 g/mol. The molecule has 6 aromatic carbocycles. The third-order valence-electron chi connectivity index (χ3n) is 22.9. The highest BCUT2D eigenvalue weighted by atomic mass is 35.5. The summed E-state index contributed by atoms with van der Waals surface area (Å²) in [5.41, 5.74) is 18.4. The van der Waals surface area contributed by atoms with Gasteiger partial charge >= 0.3 is 12.2 Å². The monoisotopic (exact) mass is 1770 g/mol. The number of nitrogens with one attached hydrogen (secondary N) is 4. The Balaban J connectivity index is 0.000000143. The minimum atomic E-state index is -0.688. The Morgan fingerprint density at radius 1 is 0.467 bits per heavy atom. The molecule has 0 radical (unpaired) electrons. The smallest absolute Gasteiger partial charge is 0.410 e. The minimum Gasteiger partial charge on any atom is -0.497 e. The van der Waals surface area contributed by atoms with Crippen molar-refractivity contribution in [1.29, 1.82) is 0 Å². The summed E-state index contributed by atoms with van der Waals surface area (Å²) in [5, 5.41) is 27.7. The summed E-state index contributed by atoms with van der Waals surface area (Å²) in [6, 6.07) is 43.7. The van der Waals surface area contributed by atoms with Crippen molar-refractivity contribution in [3.8, 4) is 34.3 Å². The van der Waals surface area contributed by atoms with Gasteiger partial charge in [-0.2, -0.15) is 15.3 Å². The highest BCUT2D eigenvalue weighted by Crippen LogP contribution is 2.43. The van der Waals surface area contributed by atoms with Crippen LogP contribution in [-0.2, 0) is 29.1 Å². The van der Waals surface area contributed by atoms with Crippen LogP contribution in [0.4, 0.5) is 9.59 Å². The standard InChI is InChI=1S/C33H37Cl2N5O4.C30H27Cl2N5O4.C28H29Cl2N5O2/c1-33(2,3)44-32(42)38-16-23(14-20-8-11-25(43-4)12-9-20)30-26(19-38)29(36-40(30)28-13-10-24(34)15-27(28)35)31(41)37-39-17-21-6-5-7-22(21)18-39;1-18(25-6-4-5-13-33-25)34-29(38)27-23-17-36(30(39)41-3)16-20(14-19-7-10-22(40-2)11-8-19)28(23)37(35-27)26-12-9-21(31)15-24(26)32;1-37-22-8-5-17(6-9-22)11-20-13-31-14-23-26(28(36)33-34-15-18-3-2-4-19(18)16-34)32-35(27(20)23)25-10-7-21(29)12-24(25)30/h8-15,21-22H,5-7,16-19H2,1-4H3,(H,37,41);4-15,18H,16-17H2,1-3H3,(H,34,38);5-12,18-19,31H,2-4,13-16H2,1H3,(H,33,36)/b23-14+;20-14+;20-11+/t;18-;/m.1./s1. The van der Waals surface area contributed by atoms with Crippen LogP contribution in [0.5, 0.6) is 17.2 Å². The van der Waals surface area contributed by atoms with Crippen LogP contribution in [0.3, 0.4) is 0 Å². The first-order valence-electron chi connectivity index (χ1n) is 40.4. The number of nitrogens with zero attached hydrogens (tertiary/aromatic N) is 11. The van der Waals surface area contributed by atoms with Crippen LogP contribution in [0.2, 0.25) is 30.1 Å². The number of halogens is 6. The van der Waals surface area contributed by atoms with E-state index in [0.717, 1.165) is 82.3 Å². The zero-order valence-electron chi connectivity index (χ0n) is 68.6. The number of hydrogen-bond donors (Lipinski definition) is 4. The third-order valence-corrected chi connectivity index (χ3v) is 24.5. The van der Waals surface area contributed by atoms with Gasteiger partial charge < -0.3 is 34.3 Å². The van der Waals surface area contributed by atoms with Crippen LogP contribution < -0.4 is 35.7 Å². The van der Waals surface area contributed by atoms with E-state index >= 15 is 0 Å². The molecule has 2 saturated carbocycles. The van der Waals surface area contributed by atoms with Gasteiger partial charge in [-0.3, -0.25) is 40.0 Å². The number of aromatic nitrogens is 7. The molecular formula is C91H93Cl6N15O10. The summed E-state index contributed by atoms with van der Waals surface area (Å²) in [4.78, 5) is 74.9. The molecule has 0 bridgehead atoms. The Morgan fingerprint density at radius 3 is 1.23 bits per heavy atom. The van der Waals surface area contributed by atoms with Gasteiger partial charge in [0.1, 0.15) is 22.8 Å². The quantitative estimate of drug-likeness (QED) is 0.0701. The minimum absolute atomic E-state index is 0.105. The summed E-state index contributed by atoms with van der Waals surface area (Å²) >= 11 is 38.6. The molecule has 7 aliphatic rings. The van der Waals surface area contributed by atoms with Crippen molar-refractivity contribution in [2.75, 3.05) is 74.3 Å². The Bertz CT molecular complexity index is 5670. The predicted molar refractivity (Wildman–Crippen MR) is 474 cm³/mol. The average Bonchev–Trinajstić information content (AvgIpc) is 1.58. The Kier molecular flexibility index (Phi) is 26.5. The lowest BCUT2D eigenvalue weighted by atomic mass is 9.97. The molecule has 4 unspecified atom stereocenters. The van der Waals surface area contributed by atoms with E-state index in [4.69, 9.17) is 109 Å². The van der Waals surface area contributed by atoms with E-state index in [9.17, 15) is 24.0 Å². The fourth-order valence-electron chi connectivity index (χ4n) is 17.1. The third kappa shape index (κ3) is 19.4. The van der Waals surface area contributed by atoms with Crippen molar-refractivity contribution in [2.45, 2.75) is 97.5 Å². The molecule has 2 saturated heterocycles. The fourth-order valence-corrected chi connectivity index (χ4v) is 18.5. The Hall–Kier alpha value is -10.7. The van der Waals surface area contributed by atoms with Crippen LogP contribution in [-0.4, -0.2) is 164 Å². The van der Waals surface area contributed by atoms with Gasteiger partial charge in [-0.15, -0.1) is 0 Å². The number of carbonyl (C=O) groups excluding carboxylic acids is 5. The van der Waals surface area contributed by atoms with Gasteiger partial charge in [-0.05, 0) is 232 Å². The molecule has 4 fully saturated rings. The van der Waals surface area contributed by atoms with E-state index in [1.54, 1.807) is 95.0 Å². The fraction of sp³-hybridized carbons (Fsp3) is 0.330. The number of rotatable bonds is 16. The number of hydrazine groups is 2. The van der Waals surface area contributed by atoms with Gasteiger partial charge in [0.2, 0.25) is 0 Å². The molecule has 17 rings (SSSR count). The SMILES string of the molecule is COC(=O)N1C/C(=C\c2ccc(OC)cc2)c2c(c(C(=O)N[C@H](C)c3ccccn3)nn2-c2ccc(Cl)cc2Cl)C1.COc1ccc(/C=C2\CN(C(=O)OC(C)(C)C)Cc3c(C(=O)NN4CC5CCCC5C4)nn(-c4ccc(Cl)cc4Cl)c32)cc1.COc1ccc(/C=C2\CNCc3c(C(=O)NN4CC5CCCC5C4)nn(-c4ccc(Cl)cc4Cl)c32)cc1. The van der Waals surface area contributed by atoms with Gasteiger partial charge in [0.05, 0.1) is 116 Å². The molecular weight excluding hydrogens is 1680 g/mol. The molecule has 31 heteroatoms. The number of ether oxygens (including phenoxy) is 5. The van der Waals surface area contributed by atoms with Crippen molar-refractivity contribution in [3.63, 3.8) is 0 Å². The molecule has 10 aromatic rings. The zero-order chi connectivity index (χ0) is 85.8. The lowest BCUT2D eigenvalue weighted by Gasteiger charge is -2.32. The van der Waals surface area contributed by atoms with Crippen LogP contribution in [0.15, 0.2) is 152 Å². The van der Waals surface area contributed by atoms with Crippen LogP contribution >= 0.6 is 69.6 Å². The van der Waals surface area contributed by atoms with Gasteiger partial charge in [0, 0.05) is 77.2 Å². The summed E-state index contributed by atoms with van der Waals surface area (Å²) in [6.07, 6.45) is 14.1. The van der Waals surface area contributed by atoms with Gasteiger partial charge in [0.25, 0.3) is 17.7 Å². The maximum Gasteiger partial charge on any atom is 0.410 e. The molecule has 5 aliphatic heterocycles. The van der Waals surface area contributed by atoms with Crippen molar-refractivity contribution < 1.29 is 47.7 Å². The largest absolute Gasteiger partial charge is 0.497 e. The number of hydrogen-bond acceptors (Lipinski definition) is 17. The first-order chi connectivity index (χ1) is 58.8. The van der Waals surface area contributed by atoms with Gasteiger partial charge in [-0.1, -0.05) is 125 Å². The number of carbonyl (C=O) groups is 5. The lowest BCUT2D eigenvalue weighted by molar-refractivity contribution is 0.0253. The number of methoxy groups -OCH3 is 4. The van der Waals surface area contributed by atoms with E-state index in [2.05, 4.69) is 37.6 Å². The van der Waals surface area contributed by atoms with Crippen molar-refractivity contribution in [3.05, 3.63) is 255 Å². The lowest BCUT2D eigenvalue weighted by Crippen LogP contribution is -2.43. The van der Waals surface area contributed by atoms with Crippen molar-refractivity contribution >= 4 is 134 Å². The molecule has 2 aliphatic carbocycles. The molecule has 4 aromatic heterocycles. The first kappa shape index (κ1) is 86.2. The maximum atomic E-state index is 14.0. The number of benzene rings is 6. The second-order valence-electron chi connectivity index (χ2n) is 32.2. The second kappa shape index (κ2) is 37.6. The van der Waals surface area contributed by atoms with Gasteiger partial charge in [0.15, 0.2) is 17.1 Å². The topological polar surface area (TPSA) is 259 Å². The number of pyridine rings is 1. The van der Waals surface area contributed by atoms with Crippen LogP contribution in [0.25, 0.3) is 52.0 Å². The Morgan fingerprint density at radius 2 is 0.852 bits per heavy atom. The number of fused-ring (bicyclic) bond motifs is 5. The zero-order valence-corrected chi connectivity index (χ0v) is 73.2. The molecule has 9 heterocycles. The maximum absolute atomic E-state index is 14.0. The van der Waals surface area contributed by atoms with Crippen LogP contribution in [0.1, 0.15) is 160 Å². The molecule has 122 heavy (non-hydrogen) atoms. The molecule has 5 atom stereocenters. The van der Waals surface area contributed by atoms with Gasteiger partial charge in [-0.25, -0.2) is 33.7 Å². The molecule has 25 nitrogen and oxygen atoms in total. The highest BCUT2D eigenvalue weighted by Gasteiger charge is 2.42.